The van der Waals surface area contributed by atoms with Crippen molar-refractivity contribution in [2.24, 2.45) is 24.3 Å². The normalized spacial score (nSPS) is 25.7. The lowest BCUT2D eigenvalue weighted by molar-refractivity contribution is 0.0526. The molecule has 0 amide bonds. The summed E-state index contributed by atoms with van der Waals surface area (Å²) in [5.41, 5.74) is 2.59. The van der Waals surface area contributed by atoms with Crippen LogP contribution in [0.15, 0.2) is 6.07 Å². The number of aliphatic hydroxyl groups excluding tert-OH is 1. The predicted molar refractivity (Wildman–Crippen MR) is 82.6 cm³/mol. The summed E-state index contributed by atoms with van der Waals surface area (Å²) in [5.74, 6) is 1.27. The zero-order chi connectivity index (χ0) is 14.9. The molecule has 2 rings (SSSR count). The van der Waals surface area contributed by atoms with Crippen LogP contribution in [0.1, 0.15) is 57.8 Å². The number of aryl methyl sites for hydroxylation is 2. The van der Waals surface area contributed by atoms with Crippen LogP contribution in [0.25, 0.3) is 0 Å². The van der Waals surface area contributed by atoms with E-state index in [1.54, 1.807) is 0 Å². The molecule has 0 radical (unpaired) electrons. The van der Waals surface area contributed by atoms with Gasteiger partial charge < -0.3 is 5.11 Å². The van der Waals surface area contributed by atoms with Crippen molar-refractivity contribution in [1.82, 2.24) is 9.78 Å². The van der Waals surface area contributed by atoms with Gasteiger partial charge in [-0.3, -0.25) is 4.68 Å². The van der Waals surface area contributed by atoms with Gasteiger partial charge in [-0.15, -0.1) is 0 Å². The first-order valence-electron chi connectivity index (χ1n) is 7.95. The Kier molecular flexibility index (Phi) is 4.58. The first kappa shape index (κ1) is 15.6. The summed E-state index contributed by atoms with van der Waals surface area (Å²) >= 11 is 0. The van der Waals surface area contributed by atoms with E-state index in [-0.39, 0.29) is 6.10 Å². The molecule has 1 fully saturated rings. The molecule has 0 saturated heterocycles. The number of rotatable bonds is 3. The third kappa shape index (κ3) is 3.63. The summed E-state index contributed by atoms with van der Waals surface area (Å²) in [7, 11) is 1.96. The zero-order valence-corrected chi connectivity index (χ0v) is 13.7. The number of aliphatic hydroxyl groups is 1. The van der Waals surface area contributed by atoms with Gasteiger partial charge in [-0.05, 0) is 55.9 Å². The molecule has 0 aliphatic heterocycles. The van der Waals surface area contributed by atoms with Gasteiger partial charge >= 0.3 is 0 Å². The fourth-order valence-electron chi connectivity index (χ4n) is 3.61. The minimum atomic E-state index is -0.217. The van der Waals surface area contributed by atoms with Gasteiger partial charge in [0.25, 0.3) is 0 Å². The molecule has 0 bridgehead atoms. The third-order valence-electron chi connectivity index (χ3n) is 5.06. The Morgan fingerprint density at radius 2 is 1.90 bits per heavy atom. The molecule has 1 aliphatic rings. The van der Waals surface area contributed by atoms with Crippen molar-refractivity contribution >= 4 is 0 Å². The van der Waals surface area contributed by atoms with Crippen molar-refractivity contribution < 1.29 is 5.11 Å². The Balaban J connectivity index is 1.89. The van der Waals surface area contributed by atoms with Gasteiger partial charge in [0.2, 0.25) is 0 Å². The topological polar surface area (TPSA) is 38.0 Å². The van der Waals surface area contributed by atoms with E-state index in [0.29, 0.717) is 11.3 Å². The summed E-state index contributed by atoms with van der Waals surface area (Å²) in [6, 6.07) is 2.09. The third-order valence-corrected chi connectivity index (χ3v) is 5.06. The Labute approximate surface area is 123 Å². The van der Waals surface area contributed by atoms with E-state index in [1.165, 1.54) is 25.7 Å². The van der Waals surface area contributed by atoms with Crippen molar-refractivity contribution in [2.75, 3.05) is 0 Å². The first-order chi connectivity index (χ1) is 9.27. The van der Waals surface area contributed by atoms with Gasteiger partial charge in [-0.25, -0.2) is 0 Å². The van der Waals surface area contributed by atoms with Crippen molar-refractivity contribution in [2.45, 2.75) is 65.9 Å². The summed E-state index contributed by atoms with van der Waals surface area (Å²) in [4.78, 5) is 0. The molecule has 1 heterocycles. The molecule has 1 aliphatic carbocycles. The maximum atomic E-state index is 10.5. The van der Waals surface area contributed by atoms with Crippen molar-refractivity contribution in [3.05, 3.63) is 17.5 Å². The van der Waals surface area contributed by atoms with E-state index in [1.807, 2.05) is 18.7 Å². The average Bonchev–Trinajstić information content (AvgIpc) is 2.67. The summed E-state index contributed by atoms with van der Waals surface area (Å²) < 4.78 is 1.90. The standard InChI is InChI=1S/C17H30N2O/c1-12-10-15(19(5)18-12)11-16(20)13-6-8-14(9-7-13)17(2,3)4/h10,13-14,16,20H,6-9,11H2,1-5H3. The van der Waals surface area contributed by atoms with Gasteiger partial charge in [-0.1, -0.05) is 20.8 Å². The quantitative estimate of drug-likeness (QED) is 0.919. The second kappa shape index (κ2) is 5.88. The molecule has 1 N–H and O–H groups in total. The van der Waals surface area contributed by atoms with Crippen LogP contribution >= 0.6 is 0 Å². The lowest BCUT2D eigenvalue weighted by Gasteiger charge is -2.38. The monoisotopic (exact) mass is 278 g/mol. The zero-order valence-electron chi connectivity index (χ0n) is 13.7. The van der Waals surface area contributed by atoms with Crippen molar-refractivity contribution in [3.63, 3.8) is 0 Å². The maximum absolute atomic E-state index is 10.5. The van der Waals surface area contributed by atoms with Gasteiger partial charge in [0.15, 0.2) is 0 Å². The maximum Gasteiger partial charge on any atom is 0.0623 e. The second-order valence-electron chi connectivity index (χ2n) is 7.65. The van der Waals surface area contributed by atoms with Crippen LogP contribution in [0.4, 0.5) is 0 Å². The Morgan fingerprint density at radius 3 is 2.35 bits per heavy atom. The number of hydrogen-bond donors (Lipinski definition) is 1. The van der Waals surface area contributed by atoms with Crippen LogP contribution in [0.3, 0.4) is 0 Å². The van der Waals surface area contributed by atoms with E-state index in [9.17, 15) is 5.11 Å². The van der Waals surface area contributed by atoms with E-state index in [2.05, 4.69) is 31.9 Å². The molecule has 1 aromatic heterocycles. The van der Waals surface area contributed by atoms with Gasteiger partial charge in [0, 0.05) is 19.2 Å². The van der Waals surface area contributed by atoms with Crippen LogP contribution in [0, 0.1) is 24.2 Å². The summed E-state index contributed by atoms with van der Waals surface area (Å²) in [6.45, 7) is 9.02. The van der Waals surface area contributed by atoms with E-state index in [4.69, 9.17) is 0 Å². The molecule has 1 unspecified atom stereocenters. The van der Waals surface area contributed by atoms with Crippen LogP contribution in [-0.2, 0) is 13.5 Å². The summed E-state index contributed by atoms with van der Waals surface area (Å²) in [5, 5.41) is 14.9. The fourth-order valence-corrected chi connectivity index (χ4v) is 3.61. The molecule has 1 atom stereocenters. The lowest BCUT2D eigenvalue weighted by Crippen LogP contribution is -2.32. The highest BCUT2D eigenvalue weighted by molar-refractivity contribution is 5.09. The predicted octanol–water partition coefficient (Wildman–Crippen LogP) is 3.48. The van der Waals surface area contributed by atoms with E-state index in [0.717, 1.165) is 23.7 Å². The molecule has 0 aromatic carbocycles. The van der Waals surface area contributed by atoms with Crippen LogP contribution in [-0.4, -0.2) is 21.0 Å². The molecule has 3 heteroatoms. The van der Waals surface area contributed by atoms with Gasteiger partial charge in [0.05, 0.1) is 11.8 Å². The first-order valence-corrected chi connectivity index (χ1v) is 7.95. The number of nitrogens with zero attached hydrogens (tertiary/aromatic N) is 2. The molecule has 3 nitrogen and oxygen atoms in total. The number of aromatic nitrogens is 2. The molecular formula is C17H30N2O. The van der Waals surface area contributed by atoms with Crippen molar-refractivity contribution in [1.29, 1.82) is 0 Å². The largest absolute Gasteiger partial charge is 0.392 e. The minimum Gasteiger partial charge on any atom is -0.392 e. The SMILES string of the molecule is Cc1cc(CC(O)C2CCC(C(C)(C)C)CC2)n(C)n1. The molecule has 1 saturated carbocycles. The highest BCUT2D eigenvalue weighted by atomic mass is 16.3. The number of hydrogen-bond acceptors (Lipinski definition) is 2. The molecule has 114 valence electrons. The molecule has 1 aromatic rings. The molecule has 0 spiro atoms. The van der Waals surface area contributed by atoms with Crippen LogP contribution < -0.4 is 0 Å². The highest BCUT2D eigenvalue weighted by Gasteiger charge is 2.32. The van der Waals surface area contributed by atoms with Crippen LogP contribution in [0.5, 0.6) is 0 Å². The molecule has 20 heavy (non-hydrogen) atoms. The Bertz CT molecular complexity index is 436. The van der Waals surface area contributed by atoms with E-state index < -0.39 is 0 Å². The summed E-state index contributed by atoms with van der Waals surface area (Å²) in [6.07, 6.45) is 5.37. The van der Waals surface area contributed by atoms with Gasteiger partial charge in [0.1, 0.15) is 0 Å². The highest BCUT2D eigenvalue weighted by Crippen LogP contribution is 2.41. The van der Waals surface area contributed by atoms with Crippen molar-refractivity contribution in [3.8, 4) is 0 Å². The average molecular weight is 278 g/mol. The fraction of sp³-hybridized carbons (Fsp3) is 0.824. The lowest BCUT2D eigenvalue weighted by atomic mass is 9.68. The Morgan fingerprint density at radius 1 is 1.30 bits per heavy atom. The molecular weight excluding hydrogens is 248 g/mol. The van der Waals surface area contributed by atoms with Crippen LogP contribution in [0.2, 0.25) is 0 Å². The van der Waals surface area contributed by atoms with E-state index >= 15 is 0 Å². The van der Waals surface area contributed by atoms with Gasteiger partial charge in [-0.2, -0.15) is 5.10 Å². The smallest absolute Gasteiger partial charge is 0.0623 e. The minimum absolute atomic E-state index is 0.217. The Hall–Kier alpha value is -0.830. The second-order valence-corrected chi connectivity index (χ2v) is 7.65.